The van der Waals surface area contributed by atoms with Crippen molar-refractivity contribution in [2.24, 2.45) is 4.99 Å². The molecule has 3 aromatic rings. The number of aliphatic imine (C=N–C) groups is 1. The lowest BCUT2D eigenvalue weighted by Gasteiger charge is -2.30. The van der Waals surface area contributed by atoms with E-state index in [0.29, 0.717) is 22.6 Å². The molecule has 0 spiro atoms. The molecule has 158 valence electrons. The van der Waals surface area contributed by atoms with Crippen LogP contribution in [-0.4, -0.2) is 45.8 Å². The van der Waals surface area contributed by atoms with Gasteiger partial charge in [-0.2, -0.15) is 4.99 Å². The maximum Gasteiger partial charge on any atom is 0.345 e. The van der Waals surface area contributed by atoms with Gasteiger partial charge in [0, 0.05) is 17.1 Å². The molecule has 31 heavy (non-hydrogen) atoms. The third kappa shape index (κ3) is 4.11. The molecule has 2 saturated heterocycles. The third-order valence-corrected chi connectivity index (χ3v) is 6.98. The van der Waals surface area contributed by atoms with Crippen LogP contribution < -0.4 is 5.32 Å². The van der Waals surface area contributed by atoms with Crippen molar-refractivity contribution in [3.05, 3.63) is 65.2 Å². The van der Waals surface area contributed by atoms with E-state index in [4.69, 9.17) is 16.0 Å². The summed E-state index contributed by atoms with van der Waals surface area (Å²) >= 11 is 7.35. The van der Waals surface area contributed by atoms with Crippen LogP contribution in [0.15, 0.2) is 64.0 Å². The first-order chi connectivity index (χ1) is 15.1. The van der Waals surface area contributed by atoms with E-state index in [1.807, 2.05) is 30.3 Å². The predicted molar refractivity (Wildman–Crippen MR) is 121 cm³/mol. The molecule has 1 aromatic heterocycles. The standard InChI is InChI=1S/C22H20ClN5O2S/c23-17-10-8-15(9-11-17)18-26-27-20(30-18)25-21-24-19(29)22(31-21,14-28-12-4-5-13-28)16-6-2-1-3-7-16/h1-3,6-11H,4-5,12-14H2,(H,24,25,27,29). The summed E-state index contributed by atoms with van der Waals surface area (Å²) in [6, 6.07) is 17.1. The van der Waals surface area contributed by atoms with Gasteiger partial charge in [0.25, 0.3) is 0 Å². The average Bonchev–Trinajstić information content (AvgIpc) is 3.52. The smallest absolute Gasteiger partial charge is 0.345 e. The molecule has 0 saturated carbocycles. The zero-order chi connectivity index (χ0) is 21.3. The lowest BCUT2D eigenvalue weighted by molar-refractivity contribution is -0.122. The van der Waals surface area contributed by atoms with Gasteiger partial charge in [-0.05, 0) is 55.8 Å². The second-order valence-electron chi connectivity index (χ2n) is 7.55. The van der Waals surface area contributed by atoms with Crippen LogP contribution >= 0.6 is 23.4 Å². The van der Waals surface area contributed by atoms with Crippen molar-refractivity contribution in [2.45, 2.75) is 17.6 Å². The van der Waals surface area contributed by atoms with E-state index < -0.39 is 4.75 Å². The van der Waals surface area contributed by atoms with Gasteiger partial charge in [0.2, 0.25) is 11.8 Å². The number of hydrogen-bond donors (Lipinski definition) is 1. The number of nitrogens with zero attached hydrogens (tertiary/aromatic N) is 4. The van der Waals surface area contributed by atoms with E-state index in [2.05, 4.69) is 25.4 Å². The van der Waals surface area contributed by atoms with Gasteiger partial charge in [-0.3, -0.25) is 4.79 Å². The first kappa shape index (κ1) is 20.2. The molecule has 3 heterocycles. The molecule has 2 fully saturated rings. The van der Waals surface area contributed by atoms with Gasteiger partial charge in [0.1, 0.15) is 4.75 Å². The summed E-state index contributed by atoms with van der Waals surface area (Å²) in [5, 5.41) is 12.1. The van der Waals surface area contributed by atoms with Crippen LogP contribution in [0.4, 0.5) is 6.01 Å². The van der Waals surface area contributed by atoms with Crippen LogP contribution in [-0.2, 0) is 9.54 Å². The molecular weight excluding hydrogens is 434 g/mol. The summed E-state index contributed by atoms with van der Waals surface area (Å²) in [4.78, 5) is 20.0. The van der Waals surface area contributed by atoms with Gasteiger partial charge >= 0.3 is 6.01 Å². The van der Waals surface area contributed by atoms with E-state index in [0.717, 1.165) is 37.1 Å². The molecule has 1 atom stereocenters. The van der Waals surface area contributed by atoms with Gasteiger partial charge in [0.15, 0.2) is 5.17 Å². The Morgan fingerprint density at radius 3 is 2.58 bits per heavy atom. The molecule has 0 radical (unpaired) electrons. The highest BCUT2D eigenvalue weighted by atomic mass is 35.5. The molecule has 9 heteroatoms. The van der Waals surface area contributed by atoms with E-state index >= 15 is 0 Å². The molecule has 1 amide bonds. The molecule has 2 aliphatic rings. The number of benzene rings is 2. The highest BCUT2D eigenvalue weighted by Crippen LogP contribution is 2.43. The minimum Gasteiger partial charge on any atom is -0.402 e. The van der Waals surface area contributed by atoms with Gasteiger partial charge < -0.3 is 14.6 Å². The van der Waals surface area contributed by atoms with Gasteiger partial charge in [-0.1, -0.05) is 58.8 Å². The van der Waals surface area contributed by atoms with Gasteiger partial charge in [-0.15, -0.1) is 5.10 Å². The topological polar surface area (TPSA) is 83.6 Å². The molecular formula is C22H20ClN5O2S. The van der Waals surface area contributed by atoms with Crippen molar-refractivity contribution in [1.29, 1.82) is 0 Å². The number of amides is 1. The molecule has 7 nitrogen and oxygen atoms in total. The third-order valence-electron chi connectivity index (χ3n) is 5.45. The Morgan fingerprint density at radius 1 is 1.10 bits per heavy atom. The molecule has 2 aliphatic heterocycles. The molecule has 1 N–H and O–H groups in total. The SMILES string of the molecule is O=C1N/C(=N\c2nnc(-c3ccc(Cl)cc3)o2)SC1(CN1CCCC1)c1ccccc1. The van der Waals surface area contributed by atoms with Crippen LogP contribution in [0.3, 0.4) is 0 Å². The van der Waals surface area contributed by atoms with Crippen LogP contribution in [0, 0.1) is 0 Å². The number of carbonyl (C=O) groups excluding carboxylic acids is 1. The number of carbonyl (C=O) groups is 1. The number of halogens is 1. The second kappa shape index (κ2) is 8.45. The Hall–Kier alpha value is -2.68. The first-order valence-corrected chi connectivity index (χ1v) is 11.3. The lowest BCUT2D eigenvalue weighted by Crippen LogP contribution is -2.43. The summed E-state index contributed by atoms with van der Waals surface area (Å²) < 4.78 is 4.93. The van der Waals surface area contributed by atoms with Crippen LogP contribution in [0.5, 0.6) is 0 Å². The zero-order valence-electron chi connectivity index (χ0n) is 16.6. The number of rotatable bonds is 5. The molecule has 5 rings (SSSR count). The van der Waals surface area contributed by atoms with Gasteiger partial charge in [0.05, 0.1) is 0 Å². The number of amidine groups is 1. The van der Waals surface area contributed by atoms with Crippen molar-refractivity contribution < 1.29 is 9.21 Å². The second-order valence-corrected chi connectivity index (χ2v) is 9.27. The maximum absolute atomic E-state index is 13.2. The Labute approximate surface area is 188 Å². The first-order valence-electron chi connectivity index (χ1n) is 10.1. The maximum atomic E-state index is 13.2. The normalized spacial score (nSPS) is 22.9. The Morgan fingerprint density at radius 2 is 1.84 bits per heavy atom. The Balaban J connectivity index is 1.43. The largest absolute Gasteiger partial charge is 0.402 e. The zero-order valence-corrected chi connectivity index (χ0v) is 18.2. The number of aromatic nitrogens is 2. The average molecular weight is 454 g/mol. The molecule has 0 aliphatic carbocycles. The number of thioether (sulfide) groups is 1. The predicted octanol–water partition coefficient (Wildman–Crippen LogP) is 4.23. The van der Waals surface area contributed by atoms with Crippen LogP contribution in [0.25, 0.3) is 11.5 Å². The van der Waals surface area contributed by atoms with E-state index in [9.17, 15) is 4.79 Å². The van der Waals surface area contributed by atoms with Crippen LogP contribution in [0.1, 0.15) is 18.4 Å². The molecule has 2 aromatic carbocycles. The van der Waals surface area contributed by atoms with E-state index in [1.165, 1.54) is 11.8 Å². The minimum atomic E-state index is -0.760. The van der Waals surface area contributed by atoms with E-state index in [1.54, 1.807) is 24.3 Å². The summed E-state index contributed by atoms with van der Waals surface area (Å²) in [5.41, 5.74) is 1.71. The highest BCUT2D eigenvalue weighted by Gasteiger charge is 2.49. The fourth-order valence-corrected chi connectivity index (χ4v) is 5.26. The fraction of sp³-hybridized carbons (Fsp3) is 0.273. The summed E-state index contributed by atoms with van der Waals surface area (Å²) in [6.07, 6.45) is 2.32. The number of nitrogens with one attached hydrogen (secondary N) is 1. The minimum absolute atomic E-state index is 0.0770. The number of hydrogen-bond acceptors (Lipinski definition) is 7. The van der Waals surface area contributed by atoms with Crippen molar-refractivity contribution >= 4 is 40.5 Å². The van der Waals surface area contributed by atoms with Crippen molar-refractivity contribution in [3.8, 4) is 11.5 Å². The monoisotopic (exact) mass is 453 g/mol. The van der Waals surface area contributed by atoms with Crippen molar-refractivity contribution in [1.82, 2.24) is 20.4 Å². The lowest BCUT2D eigenvalue weighted by atomic mass is 9.96. The summed E-state index contributed by atoms with van der Waals surface area (Å²) in [7, 11) is 0. The molecule has 1 unspecified atom stereocenters. The summed E-state index contributed by atoms with van der Waals surface area (Å²) in [6.45, 7) is 2.64. The Bertz CT molecular complexity index is 1110. The fourth-order valence-electron chi connectivity index (χ4n) is 3.89. The van der Waals surface area contributed by atoms with Gasteiger partial charge in [-0.25, -0.2) is 0 Å². The quantitative estimate of drug-likeness (QED) is 0.622. The van der Waals surface area contributed by atoms with Crippen molar-refractivity contribution in [3.63, 3.8) is 0 Å². The number of likely N-dealkylation sites (tertiary alicyclic amines) is 1. The summed E-state index contributed by atoms with van der Waals surface area (Å²) in [5.74, 6) is 0.267. The van der Waals surface area contributed by atoms with Crippen molar-refractivity contribution in [2.75, 3.05) is 19.6 Å². The molecule has 0 bridgehead atoms. The van der Waals surface area contributed by atoms with E-state index in [-0.39, 0.29) is 11.9 Å². The Kier molecular flexibility index (Phi) is 5.52. The van der Waals surface area contributed by atoms with Crippen LogP contribution in [0.2, 0.25) is 5.02 Å². The highest BCUT2D eigenvalue weighted by molar-refractivity contribution is 8.16.